The molecule has 0 aliphatic carbocycles. The molecule has 1 aliphatic heterocycles. The Morgan fingerprint density at radius 1 is 1.42 bits per heavy atom. The second-order valence-electron chi connectivity index (χ2n) is 2.69. The second kappa shape index (κ2) is 2.60. The molecule has 0 aromatic carbocycles. The van der Waals surface area contributed by atoms with Crippen molar-refractivity contribution in [3.8, 4) is 0 Å². The SMILES string of the molecule is O=S(=O)(c1ccco1)N1CCC1. The molecule has 1 aromatic rings. The lowest BCUT2D eigenvalue weighted by Gasteiger charge is -2.28. The highest BCUT2D eigenvalue weighted by molar-refractivity contribution is 7.89. The molecule has 1 aromatic heterocycles. The topological polar surface area (TPSA) is 50.5 Å². The molecule has 0 spiro atoms. The van der Waals surface area contributed by atoms with E-state index in [9.17, 15) is 8.42 Å². The van der Waals surface area contributed by atoms with Crippen molar-refractivity contribution < 1.29 is 12.8 Å². The molecule has 2 heterocycles. The Hall–Kier alpha value is -0.810. The van der Waals surface area contributed by atoms with Crippen LogP contribution in [0.1, 0.15) is 6.42 Å². The largest absolute Gasteiger partial charge is 0.452 e. The zero-order valence-corrected chi connectivity index (χ0v) is 7.25. The molecular formula is C7H9NO3S. The predicted molar refractivity (Wildman–Crippen MR) is 42.1 cm³/mol. The molecule has 66 valence electrons. The van der Waals surface area contributed by atoms with Crippen molar-refractivity contribution in [2.45, 2.75) is 11.5 Å². The van der Waals surface area contributed by atoms with Gasteiger partial charge in [-0.3, -0.25) is 0 Å². The number of hydrogen-bond donors (Lipinski definition) is 0. The first kappa shape index (κ1) is 7.82. The van der Waals surface area contributed by atoms with E-state index in [-0.39, 0.29) is 5.09 Å². The van der Waals surface area contributed by atoms with Gasteiger partial charge in [-0.15, -0.1) is 0 Å². The van der Waals surface area contributed by atoms with Gasteiger partial charge in [0.25, 0.3) is 10.0 Å². The van der Waals surface area contributed by atoms with E-state index in [4.69, 9.17) is 4.42 Å². The minimum Gasteiger partial charge on any atom is -0.452 e. The highest BCUT2D eigenvalue weighted by Crippen LogP contribution is 2.20. The van der Waals surface area contributed by atoms with Crippen LogP contribution in [0.25, 0.3) is 0 Å². The van der Waals surface area contributed by atoms with Gasteiger partial charge in [-0.1, -0.05) is 0 Å². The first-order valence-electron chi connectivity index (χ1n) is 3.75. The van der Waals surface area contributed by atoms with Crippen molar-refractivity contribution in [3.63, 3.8) is 0 Å². The molecule has 0 atom stereocenters. The van der Waals surface area contributed by atoms with Gasteiger partial charge in [-0.25, -0.2) is 8.42 Å². The summed E-state index contributed by atoms with van der Waals surface area (Å²) in [5, 5.41) is 0.0437. The summed E-state index contributed by atoms with van der Waals surface area (Å²) in [5.74, 6) is 0. The Kier molecular flexibility index (Phi) is 1.69. The van der Waals surface area contributed by atoms with E-state index in [1.807, 2.05) is 0 Å². The Bertz CT molecular complexity index is 350. The molecule has 1 fully saturated rings. The van der Waals surface area contributed by atoms with Gasteiger partial charge < -0.3 is 4.42 Å². The van der Waals surface area contributed by atoms with E-state index in [0.29, 0.717) is 13.1 Å². The molecule has 0 N–H and O–H groups in total. The van der Waals surface area contributed by atoms with Crippen LogP contribution in [0, 0.1) is 0 Å². The summed E-state index contributed by atoms with van der Waals surface area (Å²) >= 11 is 0. The maximum Gasteiger partial charge on any atom is 0.276 e. The van der Waals surface area contributed by atoms with Crippen LogP contribution in [-0.4, -0.2) is 25.8 Å². The van der Waals surface area contributed by atoms with Crippen molar-refractivity contribution in [2.24, 2.45) is 0 Å². The average molecular weight is 187 g/mol. The van der Waals surface area contributed by atoms with Crippen LogP contribution in [0.2, 0.25) is 0 Å². The van der Waals surface area contributed by atoms with Gasteiger partial charge in [0.2, 0.25) is 5.09 Å². The van der Waals surface area contributed by atoms with Crippen LogP contribution in [0.4, 0.5) is 0 Å². The zero-order valence-electron chi connectivity index (χ0n) is 6.43. The third-order valence-corrected chi connectivity index (χ3v) is 3.69. The molecule has 0 unspecified atom stereocenters. The van der Waals surface area contributed by atoms with Crippen molar-refractivity contribution in [1.29, 1.82) is 0 Å². The maximum absolute atomic E-state index is 11.5. The fraction of sp³-hybridized carbons (Fsp3) is 0.429. The third kappa shape index (κ3) is 1.05. The number of hydrogen-bond acceptors (Lipinski definition) is 3. The summed E-state index contributed by atoms with van der Waals surface area (Å²) in [7, 11) is -3.29. The summed E-state index contributed by atoms with van der Waals surface area (Å²) in [6.45, 7) is 1.23. The Labute approximate surface area is 70.8 Å². The number of rotatable bonds is 2. The number of furan rings is 1. The molecule has 5 heteroatoms. The van der Waals surface area contributed by atoms with Gasteiger partial charge in [0.05, 0.1) is 6.26 Å². The van der Waals surface area contributed by atoms with E-state index >= 15 is 0 Å². The first-order valence-corrected chi connectivity index (χ1v) is 5.19. The molecular weight excluding hydrogens is 178 g/mol. The average Bonchev–Trinajstić information content (AvgIpc) is 2.30. The van der Waals surface area contributed by atoms with E-state index in [2.05, 4.69) is 0 Å². The van der Waals surface area contributed by atoms with Gasteiger partial charge in [0.15, 0.2) is 0 Å². The van der Waals surface area contributed by atoms with Crippen molar-refractivity contribution >= 4 is 10.0 Å². The molecule has 4 nitrogen and oxygen atoms in total. The van der Waals surface area contributed by atoms with Gasteiger partial charge >= 0.3 is 0 Å². The summed E-state index contributed by atoms with van der Waals surface area (Å²) in [6, 6.07) is 3.04. The van der Waals surface area contributed by atoms with E-state index in [0.717, 1.165) is 6.42 Å². The summed E-state index contributed by atoms with van der Waals surface area (Å²) in [5.41, 5.74) is 0. The lowest BCUT2D eigenvalue weighted by molar-refractivity contribution is 0.298. The lowest BCUT2D eigenvalue weighted by atomic mass is 10.3. The summed E-state index contributed by atoms with van der Waals surface area (Å²) < 4.78 is 29.2. The molecule has 1 aliphatic rings. The van der Waals surface area contributed by atoms with E-state index in [1.54, 1.807) is 6.07 Å². The quantitative estimate of drug-likeness (QED) is 0.684. The molecule has 1 saturated heterocycles. The lowest BCUT2D eigenvalue weighted by Crippen LogP contribution is -2.41. The minimum atomic E-state index is -3.29. The Morgan fingerprint density at radius 3 is 2.58 bits per heavy atom. The van der Waals surface area contributed by atoms with Crippen LogP contribution in [0.5, 0.6) is 0 Å². The van der Waals surface area contributed by atoms with Gasteiger partial charge in [-0.05, 0) is 18.6 Å². The van der Waals surface area contributed by atoms with Crippen LogP contribution < -0.4 is 0 Å². The normalized spacial score (nSPS) is 19.0. The van der Waals surface area contributed by atoms with Crippen molar-refractivity contribution in [1.82, 2.24) is 4.31 Å². The van der Waals surface area contributed by atoms with Crippen LogP contribution >= 0.6 is 0 Å². The van der Waals surface area contributed by atoms with Gasteiger partial charge in [0.1, 0.15) is 0 Å². The third-order valence-electron chi connectivity index (χ3n) is 1.90. The molecule has 0 saturated carbocycles. The van der Waals surface area contributed by atoms with Crippen molar-refractivity contribution in [2.75, 3.05) is 13.1 Å². The molecule has 0 bridgehead atoms. The molecule has 2 rings (SSSR count). The van der Waals surface area contributed by atoms with Crippen molar-refractivity contribution in [3.05, 3.63) is 18.4 Å². The van der Waals surface area contributed by atoms with Gasteiger partial charge in [-0.2, -0.15) is 4.31 Å². The summed E-state index contributed by atoms with van der Waals surface area (Å²) in [6.07, 6.45) is 2.31. The molecule has 0 radical (unpaired) electrons. The highest BCUT2D eigenvalue weighted by Gasteiger charge is 2.31. The zero-order chi connectivity index (χ0) is 8.60. The maximum atomic E-state index is 11.5. The van der Waals surface area contributed by atoms with Gasteiger partial charge in [0, 0.05) is 13.1 Å². The Morgan fingerprint density at radius 2 is 2.17 bits per heavy atom. The number of sulfonamides is 1. The Balaban J connectivity index is 2.33. The first-order chi connectivity index (χ1) is 5.71. The predicted octanol–water partition coefficient (Wildman–Crippen LogP) is 0.674. The van der Waals surface area contributed by atoms with Crippen LogP contribution in [-0.2, 0) is 10.0 Å². The van der Waals surface area contributed by atoms with E-state index < -0.39 is 10.0 Å². The monoisotopic (exact) mass is 187 g/mol. The smallest absolute Gasteiger partial charge is 0.276 e. The highest BCUT2D eigenvalue weighted by atomic mass is 32.2. The van der Waals surface area contributed by atoms with Crippen LogP contribution in [0.3, 0.4) is 0 Å². The summed E-state index contributed by atoms with van der Waals surface area (Å²) in [4.78, 5) is 0. The minimum absolute atomic E-state index is 0.0437. The second-order valence-corrected chi connectivity index (χ2v) is 4.56. The molecule has 12 heavy (non-hydrogen) atoms. The standard InChI is InChI=1S/C7H9NO3S/c9-12(10,8-4-2-5-8)7-3-1-6-11-7/h1,3,6H,2,4-5H2. The molecule has 0 amide bonds. The van der Waals surface area contributed by atoms with Crippen LogP contribution in [0.15, 0.2) is 27.9 Å². The number of nitrogens with zero attached hydrogens (tertiary/aromatic N) is 1. The fourth-order valence-electron chi connectivity index (χ4n) is 1.07. The van der Waals surface area contributed by atoms with E-state index in [1.165, 1.54) is 16.6 Å². The fourth-order valence-corrected chi connectivity index (χ4v) is 2.49.